The molecule has 1 aromatic carbocycles. The van der Waals surface area contributed by atoms with Crippen molar-refractivity contribution in [3.05, 3.63) is 36.0 Å². The Kier molecular flexibility index (Phi) is 2.40. The van der Waals surface area contributed by atoms with E-state index in [1.807, 2.05) is 30.5 Å². The number of carbonyl (C=O) groups excluding carboxylic acids is 1. The summed E-state index contributed by atoms with van der Waals surface area (Å²) in [7, 11) is 0. The van der Waals surface area contributed by atoms with Crippen LogP contribution >= 0.6 is 11.8 Å². The van der Waals surface area contributed by atoms with Crippen molar-refractivity contribution >= 4 is 33.7 Å². The van der Waals surface area contributed by atoms with Crippen molar-refractivity contribution in [2.24, 2.45) is 0 Å². The van der Waals surface area contributed by atoms with Crippen LogP contribution in [-0.4, -0.2) is 21.3 Å². The molecule has 1 fully saturated rings. The van der Waals surface area contributed by atoms with Crippen LogP contribution < -0.4 is 5.32 Å². The van der Waals surface area contributed by atoms with Crippen LogP contribution in [0.4, 0.5) is 0 Å². The molecule has 3 N–H and O–H groups in total. The zero-order valence-electron chi connectivity index (χ0n) is 8.99. The number of benzene rings is 1. The SMILES string of the molecule is N=C1NC(=O)C(Cc2c[nH]c3ccccc23)S1. The smallest absolute Gasteiger partial charge is 0.239 e. The summed E-state index contributed by atoms with van der Waals surface area (Å²) in [6.45, 7) is 0. The van der Waals surface area contributed by atoms with Gasteiger partial charge in [-0.3, -0.25) is 10.2 Å². The van der Waals surface area contributed by atoms with E-state index in [1.165, 1.54) is 11.8 Å². The second-order valence-corrected chi connectivity index (χ2v) is 5.20. The minimum Gasteiger partial charge on any atom is -0.361 e. The molecule has 5 heteroatoms. The van der Waals surface area contributed by atoms with Crippen LogP contribution in [0.2, 0.25) is 0 Å². The van der Waals surface area contributed by atoms with E-state index in [2.05, 4.69) is 10.3 Å². The zero-order valence-corrected chi connectivity index (χ0v) is 9.80. The number of aromatic amines is 1. The lowest BCUT2D eigenvalue weighted by Crippen LogP contribution is -2.25. The van der Waals surface area contributed by atoms with E-state index in [0.29, 0.717) is 6.42 Å². The minimum absolute atomic E-state index is 0.0646. The fraction of sp³-hybridized carbons (Fsp3) is 0.167. The van der Waals surface area contributed by atoms with Gasteiger partial charge < -0.3 is 10.3 Å². The number of aromatic nitrogens is 1. The van der Waals surface area contributed by atoms with Gasteiger partial charge in [0.05, 0.1) is 5.25 Å². The molecular weight excluding hydrogens is 234 g/mol. The van der Waals surface area contributed by atoms with Gasteiger partial charge in [-0.05, 0) is 18.1 Å². The number of carbonyl (C=O) groups is 1. The van der Waals surface area contributed by atoms with Gasteiger partial charge >= 0.3 is 0 Å². The maximum Gasteiger partial charge on any atom is 0.239 e. The molecule has 0 saturated carbocycles. The topological polar surface area (TPSA) is 68.7 Å². The highest BCUT2D eigenvalue weighted by Gasteiger charge is 2.29. The van der Waals surface area contributed by atoms with E-state index in [4.69, 9.17) is 5.41 Å². The molecule has 2 heterocycles. The molecule has 1 aliphatic heterocycles. The first kappa shape index (κ1) is 10.4. The van der Waals surface area contributed by atoms with Gasteiger partial charge in [0, 0.05) is 17.1 Å². The Hall–Kier alpha value is -1.75. The van der Waals surface area contributed by atoms with Crippen LogP contribution in [0.3, 0.4) is 0 Å². The van der Waals surface area contributed by atoms with Crippen LogP contribution in [0.15, 0.2) is 30.5 Å². The van der Waals surface area contributed by atoms with Gasteiger partial charge in [0.25, 0.3) is 0 Å². The van der Waals surface area contributed by atoms with Crippen LogP contribution in [0.1, 0.15) is 5.56 Å². The van der Waals surface area contributed by atoms with Crippen molar-refractivity contribution in [1.82, 2.24) is 10.3 Å². The van der Waals surface area contributed by atoms with Crippen LogP contribution in [-0.2, 0) is 11.2 Å². The second kappa shape index (κ2) is 3.92. The molecule has 1 amide bonds. The molecule has 1 aromatic heterocycles. The van der Waals surface area contributed by atoms with Gasteiger partial charge in [0.1, 0.15) is 0 Å². The number of nitrogens with one attached hydrogen (secondary N) is 3. The number of fused-ring (bicyclic) bond motifs is 1. The molecule has 1 unspecified atom stereocenters. The second-order valence-electron chi connectivity index (χ2n) is 3.99. The number of thioether (sulfide) groups is 1. The number of amidine groups is 1. The molecule has 1 saturated heterocycles. The molecule has 86 valence electrons. The van der Waals surface area contributed by atoms with E-state index in [-0.39, 0.29) is 16.3 Å². The Balaban J connectivity index is 1.90. The summed E-state index contributed by atoms with van der Waals surface area (Å²) in [5.74, 6) is -0.0646. The first-order valence-corrected chi connectivity index (χ1v) is 6.23. The number of para-hydroxylation sites is 1. The Morgan fingerprint density at radius 3 is 2.94 bits per heavy atom. The number of hydrogen-bond acceptors (Lipinski definition) is 3. The third-order valence-electron chi connectivity index (χ3n) is 2.87. The summed E-state index contributed by atoms with van der Waals surface area (Å²) >= 11 is 1.29. The molecule has 0 bridgehead atoms. The van der Waals surface area contributed by atoms with Gasteiger partial charge in [-0.2, -0.15) is 0 Å². The highest BCUT2D eigenvalue weighted by molar-refractivity contribution is 8.15. The molecule has 0 radical (unpaired) electrons. The number of rotatable bonds is 2. The molecule has 0 spiro atoms. The van der Waals surface area contributed by atoms with E-state index < -0.39 is 0 Å². The summed E-state index contributed by atoms with van der Waals surface area (Å²) in [6.07, 6.45) is 2.60. The van der Waals surface area contributed by atoms with Crippen molar-refractivity contribution in [2.75, 3.05) is 0 Å². The molecule has 2 aromatic rings. The fourth-order valence-electron chi connectivity index (χ4n) is 2.05. The summed E-state index contributed by atoms with van der Waals surface area (Å²) in [6, 6.07) is 8.03. The molecule has 1 aliphatic rings. The molecular formula is C12H11N3OS. The lowest BCUT2D eigenvalue weighted by Gasteiger charge is -2.03. The number of H-pyrrole nitrogens is 1. The van der Waals surface area contributed by atoms with Crippen LogP contribution in [0.5, 0.6) is 0 Å². The maximum atomic E-state index is 11.6. The quantitative estimate of drug-likeness (QED) is 0.756. The lowest BCUT2D eigenvalue weighted by atomic mass is 10.1. The van der Waals surface area contributed by atoms with Crippen LogP contribution in [0.25, 0.3) is 10.9 Å². The predicted octanol–water partition coefficient (Wildman–Crippen LogP) is 1.88. The van der Waals surface area contributed by atoms with Gasteiger partial charge in [-0.1, -0.05) is 30.0 Å². The monoisotopic (exact) mass is 245 g/mol. The largest absolute Gasteiger partial charge is 0.361 e. The summed E-state index contributed by atoms with van der Waals surface area (Å²) in [5.41, 5.74) is 2.21. The Morgan fingerprint density at radius 2 is 2.18 bits per heavy atom. The minimum atomic E-state index is -0.179. The Labute approximate surface area is 102 Å². The first-order valence-electron chi connectivity index (χ1n) is 5.35. The number of amides is 1. The molecule has 1 atom stereocenters. The normalized spacial score (nSPS) is 19.9. The van der Waals surface area contributed by atoms with Crippen molar-refractivity contribution < 1.29 is 4.79 Å². The van der Waals surface area contributed by atoms with Crippen molar-refractivity contribution in [3.8, 4) is 0 Å². The lowest BCUT2D eigenvalue weighted by molar-refractivity contribution is -0.118. The standard InChI is InChI=1S/C12H11N3OS/c13-12-15-11(16)10(17-12)5-7-6-14-9-4-2-1-3-8(7)9/h1-4,6,10,14H,5H2,(H2,13,15,16). The average molecular weight is 245 g/mol. The van der Waals surface area contributed by atoms with Crippen molar-refractivity contribution in [2.45, 2.75) is 11.7 Å². The maximum absolute atomic E-state index is 11.6. The number of hydrogen-bond donors (Lipinski definition) is 3. The van der Waals surface area contributed by atoms with Crippen molar-refractivity contribution in [1.29, 1.82) is 5.41 Å². The van der Waals surface area contributed by atoms with Gasteiger partial charge in [0.2, 0.25) is 5.91 Å². The molecule has 4 nitrogen and oxygen atoms in total. The van der Waals surface area contributed by atoms with Gasteiger partial charge in [-0.25, -0.2) is 0 Å². The summed E-state index contributed by atoms with van der Waals surface area (Å²) in [4.78, 5) is 14.8. The first-order chi connectivity index (χ1) is 8.24. The highest BCUT2D eigenvalue weighted by Crippen LogP contribution is 2.26. The Bertz CT molecular complexity index is 605. The third kappa shape index (κ3) is 1.82. The molecule has 0 aliphatic carbocycles. The van der Waals surface area contributed by atoms with E-state index >= 15 is 0 Å². The van der Waals surface area contributed by atoms with E-state index in [9.17, 15) is 4.79 Å². The third-order valence-corrected chi connectivity index (χ3v) is 3.87. The van der Waals surface area contributed by atoms with Gasteiger partial charge in [0.15, 0.2) is 5.17 Å². The van der Waals surface area contributed by atoms with E-state index in [1.54, 1.807) is 0 Å². The average Bonchev–Trinajstić information content (AvgIpc) is 2.85. The van der Waals surface area contributed by atoms with Crippen LogP contribution in [0, 0.1) is 5.41 Å². The highest BCUT2D eigenvalue weighted by atomic mass is 32.2. The fourth-order valence-corrected chi connectivity index (χ4v) is 2.93. The van der Waals surface area contributed by atoms with E-state index in [0.717, 1.165) is 16.5 Å². The zero-order chi connectivity index (χ0) is 11.8. The predicted molar refractivity (Wildman–Crippen MR) is 69.3 cm³/mol. The molecule has 3 rings (SSSR count). The van der Waals surface area contributed by atoms with Crippen molar-refractivity contribution in [3.63, 3.8) is 0 Å². The van der Waals surface area contributed by atoms with Gasteiger partial charge in [-0.15, -0.1) is 0 Å². The summed E-state index contributed by atoms with van der Waals surface area (Å²) < 4.78 is 0. The summed E-state index contributed by atoms with van der Waals surface area (Å²) in [5, 5.41) is 11.2. The molecule has 17 heavy (non-hydrogen) atoms. The Morgan fingerprint density at radius 1 is 1.35 bits per heavy atom.